The molecule has 4 fully saturated rings. The van der Waals surface area contributed by atoms with E-state index in [1.807, 2.05) is 0 Å². The Bertz CT molecular complexity index is 686. The first kappa shape index (κ1) is 19.9. The van der Waals surface area contributed by atoms with Gasteiger partial charge in [0, 0.05) is 24.7 Å². The highest BCUT2D eigenvalue weighted by molar-refractivity contribution is 5.83. The molecular formula is C23H34O5. The maximum absolute atomic E-state index is 13.1. The van der Waals surface area contributed by atoms with Gasteiger partial charge >= 0.3 is 11.9 Å². The van der Waals surface area contributed by atoms with E-state index in [2.05, 4.69) is 13.8 Å². The number of ketones is 1. The van der Waals surface area contributed by atoms with Gasteiger partial charge in [-0.1, -0.05) is 26.7 Å². The highest BCUT2D eigenvalue weighted by atomic mass is 16.5. The van der Waals surface area contributed by atoms with E-state index in [1.54, 1.807) is 0 Å². The molecule has 0 aromatic carbocycles. The molecule has 28 heavy (non-hydrogen) atoms. The Hall–Kier alpha value is -1.39. The van der Waals surface area contributed by atoms with Crippen molar-refractivity contribution in [3.8, 4) is 0 Å². The number of carbonyl (C=O) groups is 3. The second kappa shape index (κ2) is 6.84. The molecule has 0 aliphatic heterocycles. The minimum atomic E-state index is -0.446. The fourth-order valence-electron chi connectivity index (χ4n) is 7.94. The Labute approximate surface area is 167 Å². The Balaban J connectivity index is 1.75. The second-order valence-electron chi connectivity index (χ2n) is 10.2. The van der Waals surface area contributed by atoms with Gasteiger partial charge in [0.2, 0.25) is 0 Å². The van der Waals surface area contributed by atoms with Crippen molar-refractivity contribution in [1.29, 1.82) is 0 Å². The van der Waals surface area contributed by atoms with Gasteiger partial charge in [0.1, 0.15) is 11.9 Å². The van der Waals surface area contributed by atoms with Crippen molar-refractivity contribution >= 4 is 17.7 Å². The zero-order chi connectivity index (χ0) is 20.3. The van der Waals surface area contributed by atoms with Crippen LogP contribution in [0.25, 0.3) is 0 Å². The van der Waals surface area contributed by atoms with E-state index >= 15 is 0 Å². The SMILES string of the molecule is COC(=O)[C@@H]1CC[C@@H]2[C@@H]3CC(=O)[C@H]4CCCC[C@]4(C)[C@H]3C[C@H](OC(C)=O)[C@@]21C. The van der Waals surface area contributed by atoms with Crippen molar-refractivity contribution in [3.05, 3.63) is 0 Å². The van der Waals surface area contributed by atoms with Crippen LogP contribution in [0.5, 0.6) is 0 Å². The van der Waals surface area contributed by atoms with E-state index in [-0.39, 0.29) is 41.2 Å². The van der Waals surface area contributed by atoms with Gasteiger partial charge in [-0.05, 0) is 55.3 Å². The number of esters is 2. The van der Waals surface area contributed by atoms with Crippen LogP contribution in [0.15, 0.2) is 0 Å². The van der Waals surface area contributed by atoms with Crippen LogP contribution < -0.4 is 0 Å². The number of carbonyl (C=O) groups excluding carboxylic acids is 3. The normalized spacial score (nSPS) is 47.5. The largest absolute Gasteiger partial charge is 0.469 e. The lowest BCUT2D eigenvalue weighted by Crippen LogP contribution is -2.61. The van der Waals surface area contributed by atoms with Gasteiger partial charge in [0.25, 0.3) is 0 Å². The fourth-order valence-corrected chi connectivity index (χ4v) is 7.94. The summed E-state index contributed by atoms with van der Waals surface area (Å²) in [6.45, 7) is 5.88. The molecule has 0 unspecified atom stereocenters. The smallest absolute Gasteiger partial charge is 0.309 e. The van der Waals surface area contributed by atoms with Crippen LogP contribution in [-0.4, -0.2) is 30.9 Å². The van der Waals surface area contributed by atoms with Crippen molar-refractivity contribution in [2.75, 3.05) is 7.11 Å². The number of hydrogen-bond donors (Lipinski definition) is 0. The van der Waals surface area contributed by atoms with E-state index in [4.69, 9.17) is 9.47 Å². The molecule has 4 aliphatic carbocycles. The summed E-state index contributed by atoms with van der Waals surface area (Å²) in [5.74, 6) is 0.734. The first-order chi connectivity index (χ1) is 13.2. The van der Waals surface area contributed by atoms with Crippen molar-refractivity contribution in [1.82, 2.24) is 0 Å². The molecule has 0 spiro atoms. The number of ether oxygens (including phenoxy) is 2. The van der Waals surface area contributed by atoms with Gasteiger partial charge in [-0.15, -0.1) is 0 Å². The predicted molar refractivity (Wildman–Crippen MR) is 103 cm³/mol. The summed E-state index contributed by atoms with van der Waals surface area (Å²) >= 11 is 0. The van der Waals surface area contributed by atoms with Gasteiger partial charge in [0.05, 0.1) is 13.0 Å². The van der Waals surface area contributed by atoms with Crippen molar-refractivity contribution in [2.24, 2.45) is 40.4 Å². The molecule has 5 heteroatoms. The second-order valence-corrected chi connectivity index (χ2v) is 10.2. The molecule has 0 N–H and O–H groups in total. The number of fused-ring (bicyclic) bond motifs is 5. The zero-order valence-electron chi connectivity index (χ0n) is 17.7. The quantitative estimate of drug-likeness (QED) is 0.668. The van der Waals surface area contributed by atoms with E-state index < -0.39 is 5.41 Å². The summed E-state index contributed by atoms with van der Waals surface area (Å²) in [4.78, 5) is 37.7. The molecule has 0 radical (unpaired) electrons. The first-order valence-corrected chi connectivity index (χ1v) is 11.0. The topological polar surface area (TPSA) is 69.7 Å². The molecule has 0 saturated heterocycles. The molecule has 8 atom stereocenters. The maximum Gasteiger partial charge on any atom is 0.309 e. The fraction of sp³-hybridized carbons (Fsp3) is 0.870. The van der Waals surface area contributed by atoms with Crippen LogP contribution >= 0.6 is 0 Å². The van der Waals surface area contributed by atoms with E-state index in [9.17, 15) is 14.4 Å². The average molecular weight is 391 g/mol. The predicted octanol–water partition coefficient (Wildman–Crippen LogP) is 3.93. The summed E-state index contributed by atoms with van der Waals surface area (Å²) in [6.07, 6.45) is 7.18. The minimum absolute atomic E-state index is 0.00132. The Morgan fingerprint density at radius 2 is 1.82 bits per heavy atom. The van der Waals surface area contributed by atoms with Gasteiger partial charge in [-0.2, -0.15) is 0 Å². The van der Waals surface area contributed by atoms with Crippen LogP contribution in [0.4, 0.5) is 0 Å². The number of hydrogen-bond acceptors (Lipinski definition) is 5. The van der Waals surface area contributed by atoms with E-state index in [0.717, 1.165) is 38.5 Å². The van der Waals surface area contributed by atoms with Crippen molar-refractivity contribution < 1.29 is 23.9 Å². The van der Waals surface area contributed by atoms with Crippen LogP contribution in [0.3, 0.4) is 0 Å². The molecule has 0 aromatic rings. The average Bonchev–Trinajstić information content (AvgIpc) is 3.00. The van der Waals surface area contributed by atoms with Gasteiger partial charge in [0.15, 0.2) is 0 Å². The molecule has 4 rings (SSSR count). The summed E-state index contributed by atoms with van der Waals surface area (Å²) < 4.78 is 11.0. The van der Waals surface area contributed by atoms with Gasteiger partial charge in [-0.25, -0.2) is 0 Å². The van der Waals surface area contributed by atoms with E-state index in [0.29, 0.717) is 24.0 Å². The van der Waals surface area contributed by atoms with Gasteiger partial charge < -0.3 is 9.47 Å². The lowest BCUT2D eigenvalue weighted by molar-refractivity contribution is -0.196. The number of rotatable bonds is 2. The minimum Gasteiger partial charge on any atom is -0.469 e. The summed E-state index contributed by atoms with van der Waals surface area (Å²) in [5, 5.41) is 0. The molecule has 156 valence electrons. The summed E-state index contributed by atoms with van der Waals surface area (Å²) in [7, 11) is 1.43. The first-order valence-electron chi connectivity index (χ1n) is 11.0. The standard InChI is InChI=1S/C23H34O5/c1-13(24)28-20-12-18-14(11-19(25)16-7-5-6-10-22(16,18)2)15-8-9-17(21(26)27-4)23(15,20)3/h14-18,20H,5-12H2,1-4H3/t14-,15+,16+,17-,18-,20-,22-,23-/m0/s1. The van der Waals surface area contributed by atoms with Crippen molar-refractivity contribution in [2.45, 2.75) is 78.2 Å². The molecule has 0 amide bonds. The van der Waals surface area contributed by atoms with Crippen LogP contribution in [0.2, 0.25) is 0 Å². The third-order valence-electron chi connectivity index (χ3n) is 9.23. The number of Topliss-reactive ketones (excluding diaryl/α,β-unsaturated/α-hetero) is 1. The maximum atomic E-state index is 13.1. The van der Waals surface area contributed by atoms with Crippen LogP contribution in [0.1, 0.15) is 72.1 Å². The lowest BCUT2D eigenvalue weighted by Gasteiger charge is -2.61. The molecule has 5 nitrogen and oxygen atoms in total. The van der Waals surface area contributed by atoms with E-state index in [1.165, 1.54) is 20.5 Å². The molecule has 4 aliphatic rings. The highest BCUT2D eigenvalue weighted by Gasteiger charge is 2.66. The van der Waals surface area contributed by atoms with Crippen molar-refractivity contribution in [3.63, 3.8) is 0 Å². The zero-order valence-corrected chi connectivity index (χ0v) is 17.7. The third kappa shape index (κ3) is 2.68. The molecule has 0 bridgehead atoms. The molecule has 0 heterocycles. The number of methoxy groups -OCH3 is 1. The van der Waals surface area contributed by atoms with Gasteiger partial charge in [-0.3, -0.25) is 14.4 Å². The molecular weight excluding hydrogens is 356 g/mol. The molecule has 4 saturated carbocycles. The highest BCUT2D eigenvalue weighted by Crippen LogP contribution is 2.67. The summed E-state index contributed by atoms with van der Waals surface area (Å²) in [5.41, 5.74) is -0.445. The Morgan fingerprint density at radius 1 is 1.07 bits per heavy atom. The Morgan fingerprint density at radius 3 is 2.50 bits per heavy atom. The summed E-state index contributed by atoms with van der Waals surface area (Å²) in [6, 6.07) is 0. The van der Waals surface area contributed by atoms with Crippen LogP contribution in [-0.2, 0) is 23.9 Å². The van der Waals surface area contributed by atoms with Crippen LogP contribution in [0, 0.1) is 40.4 Å². The monoisotopic (exact) mass is 390 g/mol. The third-order valence-corrected chi connectivity index (χ3v) is 9.23. The molecule has 0 aromatic heterocycles. The Kier molecular flexibility index (Phi) is 4.86. The lowest BCUT2D eigenvalue weighted by atomic mass is 9.44.